The van der Waals surface area contributed by atoms with Gasteiger partial charge in [-0.15, -0.1) is 5.10 Å². The molecule has 2 aliphatic rings. The molecule has 2 heterocycles. The van der Waals surface area contributed by atoms with E-state index in [4.69, 9.17) is 0 Å². The minimum absolute atomic E-state index is 0.0170. The first-order chi connectivity index (χ1) is 17.0. The number of amides is 1. The number of H-pyrrole nitrogens is 1. The van der Waals surface area contributed by atoms with E-state index in [9.17, 15) is 13.2 Å². The van der Waals surface area contributed by atoms with E-state index >= 15 is 0 Å². The summed E-state index contributed by atoms with van der Waals surface area (Å²) < 4.78 is 28.3. The maximum Gasteiger partial charge on any atom is 0.240 e. The highest BCUT2D eigenvalue weighted by Crippen LogP contribution is 2.28. The molecule has 1 saturated carbocycles. The maximum absolute atomic E-state index is 12.9. The predicted octanol–water partition coefficient (Wildman–Crippen LogP) is 4.15. The zero-order valence-corrected chi connectivity index (χ0v) is 21.1. The van der Waals surface area contributed by atoms with E-state index in [1.807, 2.05) is 23.1 Å². The van der Waals surface area contributed by atoms with Gasteiger partial charge in [0, 0.05) is 23.8 Å². The number of sulfonamides is 1. The lowest BCUT2D eigenvalue weighted by Crippen LogP contribution is -2.36. The maximum atomic E-state index is 12.9. The predicted molar refractivity (Wildman–Crippen MR) is 137 cm³/mol. The zero-order valence-electron chi connectivity index (χ0n) is 19.4. The zero-order chi connectivity index (χ0) is 24.3. The van der Waals surface area contributed by atoms with Crippen LogP contribution >= 0.6 is 11.8 Å². The summed E-state index contributed by atoms with van der Waals surface area (Å²) >= 11 is 1.29. The number of fused-ring (bicyclic) bond motifs is 1. The smallest absolute Gasteiger partial charge is 0.240 e. The van der Waals surface area contributed by atoms with E-state index in [1.54, 1.807) is 24.3 Å². The number of anilines is 1. The van der Waals surface area contributed by atoms with Crippen molar-refractivity contribution in [3.63, 3.8) is 0 Å². The minimum Gasteiger partial charge on any atom is -0.311 e. The molecule has 0 atom stereocenters. The van der Waals surface area contributed by atoms with Gasteiger partial charge in [-0.25, -0.2) is 18.1 Å². The van der Waals surface area contributed by atoms with Gasteiger partial charge in [-0.3, -0.25) is 9.89 Å². The minimum atomic E-state index is -3.55. The van der Waals surface area contributed by atoms with Crippen molar-refractivity contribution in [2.45, 2.75) is 61.0 Å². The molecule has 1 amide bonds. The summed E-state index contributed by atoms with van der Waals surface area (Å²) in [5.41, 5.74) is 2.93. The molecule has 1 aromatic heterocycles. The largest absolute Gasteiger partial charge is 0.311 e. The van der Waals surface area contributed by atoms with Crippen LogP contribution < -0.4 is 9.62 Å². The van der Waals surface area contributed by atoms with Crippen molar-refractivity contribution in [1.29, 1.82) is 0 Å². The Morgan fingerprint density at radius 2 is 1.83 bits per heavy atom. The summed E-state index contributed by atoms with van der Waals surface area (Å²) in [6, 6.07) is 14.7. The molecule has 184 valence electrons. The Balaban J connectivity index is 1.20. The quantitative estimate of drug-likeness (QED) is 0.461. The van der Waals surface area contributed by atoms with Gasteiger partial charge < -0.3 is 4.90 Å². The van der Waals surface area contributed by atoms with Crippen molar-refractivity contribution in [3.8, 4) is 11.4 Å². The highest BCUT2D eigenvalue weighted by molar-refractivity contribution is 7.99. The number of nitrogens with one attached hydrogen (secondary N) is 2. The van der Waals surface area contributed by atoms with Crippen LogP contribution in [0.15, 0.2) is 58.6 Å². The van der Waals surface area contributed by atoms with Crippen LogP contribution in [0.1, 0.15) is 44.1 Å². The second-order valence-electron chi connectivity index (χ2n) is 9.01. The van der Waals surface area contributed by atoms with E-state index in [-0.39, 0.29) is 22.6 Å². The van der Waals surface area contributed by atoms with Gasteiger partial charge in [0.05, 0.1) is 10.6 Å². The number of para-hydroxylation sites is 1. The standard InChI is InChI=1S/C25H29N5O3S2/c31-23(30-16-6-8-18-7-4-5-11-22(18)30)17-34-25-26-24(27-28-25)19-12-14-21(15-13-19)35(32,33)29-20-9-2-1-3-10-20/h4-5,7,11-15,20,29H,1-3,6,8-10,16-17H2,(H,26,27,28). The van der Waals surface area contributed by atoms with Gasteiger partial charge in [-0.2, -0.15) is 0 Å². The Labute approximate surface area is 210 Å². The molecule has 0 saturated heterocycles. The van der Waals surface area contributed by atoms with Crippen LogP contribution in [-0.4, -0.2) is 47.8 Å². The van der Waals surface area contributed by atoms with Crippen molar-refractivity contribution >= 4 is 33.4 Å². The van der Waals surface area contributed by atoms with Crippen LogP contribution in [0.2, 0.25) is 0 Å². The van der Waals surface area contributed by atoms with Crippen molar-refractivity contribution in [2.24, 2.45) is 0 Å². The molecule has 1 fully saturated rings. The molecule has 5 rings (SSSR count). The fraction of sp³-hybridized carbons (Fsp3) is 0.400. The first-order valence-corrected chi connectivity index (χ1v) is 14.5. The van der Waals surface area contributed by atoms with Crippen LogP contribution in [0.3, 0.4) is 0 Å². The van der Waals surface area contributed by atoms with Crippen LogP contribution in [0, 0.1) is 0 Å². The van der Waals surface area contributed by atoms with Crippen molar-refractivity contribution in [1.82, 2.24) is 19.9 Å². The average molecular weight is 512 g/mol. The monoisotopic (exact) mass is 511 g/mol. The van der Waals surface area contributed by atoms with E-state index in [0.717, 1.165) is 56.3 Å². The second kappa shape index (κ2) is 10.5. The van der Waals surface area contributed by atoms with Crippen LogP contribution in [0.5, 0.6) is 0 Å². The molecule has 1 aliphatic heterocycles. The Morgan fingerprint density at radius 3 is 2.63 bits per heavy atom. The summed E-state index contributed by atoms with van der Waals surface area (Å²) in [6.45, 7) is 0.723. The Hall–Kier alpha value is -2.69. The van der Waals surface area contributed by atoms with Gasteiger partial charge in [0.15, 0.2) is 5.82 Å². The van der Waals surface area contributed by atoms with E-state index in [1.165, 1.54) is 23.7 Å². The van der Waals surface area contributed by atoms with Gasteiger partial charge in [0.25, 0.3) is 0 Å². The molecule has 0 spiro atoms. The molecule has 8 nitrogen and oxygen atoms in total. The highest BCUT2D eigenvalue weighted by atomic mass is 32.2. The van der Waals surface area contributed by atoms with Crippen molar-refractivity contribution in [3.05, 3.63) is 54.1 Å². The number of carbonyl (C=O) groups is 1. The summed E-state index contributed by atoms with van der Waals surface area (Å²) in [6.07, 6.45) is 7.04. The first kappa shape index (κ1) is 24.0. The van der Waals surface area contributed by atoms with Crippen molar-refractivity contribution in [2.75, 3.05) is 17.2 Å². The number of benzene rings is 2. The third-order valence-electron chi connectivity index (χ3n) is 6.57. The second-order valence-corrected chi connectivity index (χ2v) is 11.7. The van der Waals surface area contributed by atoms with E-state index in [2.05, 4.69) is 26.0 Å². The topological polar surface area (TPSA) is 108 Å². The molecule has 2 aromatic carbocycles. The van der Waals surface area contributed by atoms with E-state index < -0.39 is 10.0 Å². The lowest BCUT2D eigenvalue weighted by atomic mass is 9.96. The Bertz CT molecular complexity index is 1280. The van der Waals surface area contributed by atoms with Crippen LogP contribution in [-0.2, 0) is 21.2 Å². The molecule has 2 N–H and O–H groups in total. The highest BCUT2D eigenvalue weighted by Gasteiger charge is 2.23. The normalized spacial score (nSPS) is 16.7. The molecular formula is C25H29N5O3S2. The molecule has 3 aromatic rings. The lowest BCUT2D eigenvalue weighted by Gasteiger charge is -2.29. The molecule has 0 unspecified atom stereocenters. The van der Waals surface area contributed by atoms with E-state index in [0.29, 0.717) is 11.0 Å². The van der Waals surface area contributed by atoms with Crippen LogP contribution in [0.4, 0.5) is 5.69 Å². The molecule has 0 bridgehead atoms. The number of rotatable bonds is 7. The van der Waals surface area contributed by atoms with Gasteiger partial charge in [-0.05, 0) is 61.6 Å². The summed E-state index contributed by atoms with van der Waals surface area (Å²) in [5, 5.41) is 7.60. The Morgan fingerprint density at radius 1 is 1.06 bits per heavy atom. The third-order valence-corrected chi connectivity index (χ3v) is 8.93. The first-order valence-electron chi connectivity index (χ1n) is 12.1. The summed E-state index contributed by atoms with van der Waals surface area (Å²) in [5.74, 6) is 0.816. The van der Waals surface area contributed by atoms with Gasteiger partial charge >= 0.3 is 0 Å². The molecule has 0 radical (unpaired) electrons. The fourth-order valence-corrected chi connectivity index (χ4v) is 6.72. The number of carbonyl (C=O) groups excluding carboxylic acids is 1. The number of aryl methyl sites for hydroxylation is 1. The van der Waals surface area contributed by atoms with Gasteiger partial charge in [-0.1, -0.05) is 49.2 Å². The Kier molecular flexibility index (Phi) is 7.22. The molecule has 1 aliphatic carbocycles. The van der Waals surface area contributed by atoms with Crippen LogP contribution in [0.25, 0.3) is 11.4 Å². The molecular weight excluding hydrogens is 482 g/mol. The summed E-state index contributed by atoms with van der Waals surface area (Å²) in [7, 11) is -3.55. The fourth-order valence-electron chi connectivity index (χ4n) is 4.74. The van der Waals surface area contributed by atoms with Gasteiger partial charge in [0.1, 0.15) is 0 Å². The number of hydrogen-bond acceptors (Lipinski definition) is 6. The number of aromatic amines is 1. The van der Waals surface area contributed by atoms with Crippen molar-refractivity contribution < 1.29 is 13.2 Å². The number of hydrogen-bond donors (Lipinski definition) is 2. The number of aromatic nitrogens is 3. The lowest BCUT2D eigenvalue weighted by molar-refractivity contribution is -0.116. The van der Waals surface area contributed by atoms with Gasteiger partial charge in [0.2, 0.25) is 21.1 Å². The molecule has 10 heteroatoms. The number of thioether (sulfide) groups is 1. The third kappa shape index (κ3) is 5.60. The number of nitrogens with zero attached hydrogens (tertiary/aromatic N) is 3. The SMILES string of the molecule is O=C(CSc1n[nH]c(-c2ccc(S(=O)(=O)NC3CCCCC3)cc2)n1)N1CCCc2ccccc21. The average Bonchev–Trinajstić information content (AvgIpc) is 3.36. The summed E-state index contributed by atoms with van der Waals surface area (Å²) in [4.78, 5) is 19.4. The molecule has 35 heavy (non-hydrogen) atoms.